The summed E-state index contributed by atoms with van der Waals surface area (Å²) in [6.07, 6.45) is 3.80. The van der Waals surface area contributed by atoms with Crippen molar-refractivity contribution in [3.05, 3.63) is 17.5 Å². The summed E-state index contributed by atoms with van der Waals surface area (Å²) < 4.78 is 2.05. The number of hydrogen-bond acceptors (Lipinski definition) is 2. The Labute approximate surface area is 72.0 Å². The summed E-state index contributed by atoms with van der Waals surface area (Å²) >= 11 is 0. The lowest BCUT2D eigenvalue weighted by molar-refractivity contribution is 0.260. The van der Waals surface area contributed by atoms with Gasteiger partial charge in [0, 0.05) is 5.69 Å². The molecule has 3 heteroatoms. The first kappa shape index (κ1) is 7.80. The SMILES string of the molecule is Cc1cc(CO)nn1C1CCC1. The summed E-state index contributed by atoms with van der Waals surface area (Å²) in [5, 5.41) is 13.2. The molecule has 0 aliphatic heterocycles. The molecule has 0 bridgehead atoms. The molecule has 0 spiro atoms. The monoisotopic (exact) mass is 166 g/mol. The number of aliphatic hydroxyl groups excluding tert-OH is 1. The fourth-order valence-electron chi connectivity index (χ4n) is 1.63. The number of aromatic nitrogens is 2. The highest BCUT2D eigenvalue weighted by Gasteiger charge is 2.21. The predicted molar refractivity (Wildman–Crippen MR) is 45.8 cm³/mol. The zero-order chi connectivity index (χ0) is 8.55. The van der Waals surface area contributed by atoms with Crippen molar-refractivity contribution in [2.75, 3.05) is 0 Å². The van der Waals surface area contributed by atoms with Crippen molar-refractivity contribution in [2.45, 2.75) is 38.8 Å². The number of aryl methyl sites for hydroxylation is 1. The summed E-state index contributed by atoms with van der Waals surface area (Å²) in [5.41, 5.74) is 1.96. The molecule has 2 rings (SSSR count). The van der Waals surface area contributed by atoms with Gasteiger partial charge in [0.25, 0.3) is 0 Å². The van der Waals surface area contributed by atoms with Gasteiger partial charge in [0.1, 0.15) is 0 Å². The molecular weight excluding hydrogens is 152 g/mol. The number of rotatable bonds is 2. The first-order valence-corrected chi connectivity index (χ1v) is 4.47. The summed E-state index contributed by atoms with van der Waals surface area (Å²) in [4.78, 5) is 0. The highest BCUT2D eigenvalue weighted by atomic mass is 16.3. The molecule has 0 unspecified atom stereocenters. The lowest BCUT2D eigenvalue weighted by Crippen LogP contribution is -2.19. The fraction of sp³-hybridized carbons (Fsp3) is 0.667. The van der Waals surface area contributed by atoms with Crippen LogP contribution in [0.3, 0.4) is 0 Å². The third-order valence-corrected chi connectivity index (χ3v) is 2.56. The van der Waals surface area contributed by atoms with Crippen LogP contribution in [-0.2, 0) is 6.61 Å². The summed E-state index contributed by atoms with van der Waals surface area (Å²) in [7, 11) is 0. The molecule has 1 N–H and O–H groups in total. The molecular formula is C9H14N2O. The molecule has 1 aliphatic rings. The smallest absolute Gasteiger partial charge is 0.0881 e. The number of hydrogen-bond donors (Lipinski definition) is 1. The molecule has 1 aliphatic carbocycles. The lowest BCUT2D eigenvalue weighted by Gasteiger charge is -2.26. The van der Waals surface area contributed by atoms with Crippen molar-refractivity contribution < 1.29 is 5.11 Å². The minimum atomic E-state index is 0.0561. The maximum Gasteiger partial charge on any atom is 0.0881 e. The van der Waals surface area contributed by atoms with Crippen molar-refractivity contribution in [1.29, 1.82) is 0 Å². The molecule has 0 aromatic carbocycles. The molecule has 0 amide bonds. The van der Waals surface area contributed by atoms with E-state index in [0.29, 0.717) is 6.04 Å². The Bertz CT molecular complexity index is 276. The van der Waals surface area contributed by atoms with E-state index in [9.17, 15) is 0 Å². The second-order valence-corrected chi connectivity index (χ2v) is 3.46. The minimum Gasteiger partial charge on any atom is -0.390 e. The zero-order valence-corrected chi connectivity index (χ0v) is 7.32. The van der Waals surface area contributed by atoms with E-state index in [1.54, 1.807) is 0 Å². The highest BCUT2D eigenvalue weighted by Crippen LogP contribution is 2.31. The van der Waals surface area contributed by atoms with E-state index in [0.717, 1.165) is 5.69 Å². The molecule has 1 aromatic heterocycles. The van der Waals surface area contributed by atoms with Crippen molar-refractivity contribution in [3.63, 3.8) is 0 Å². The van der Waals surface area contributed by atoms with Crippen LogP contribution in [0.4, 0.5) is 0 Å². The topological polar surface area (TPSA) is 38.1 Å². The van der Waals surface area contributed by atoms with Gasteiger partial charge in [0.2, 0.25) is 0 Å². The highest BCUT2D eigenvalue weighted by molar-refractivity contribution is 5.09. The van der Waals surface area contributed by atoms with Gasteiger partial charge in [-0.2, -0.15) is 5.10 Å². The molecule has 1 saturated carbocycles. The van der Waals surface area contributed by atoms with E-state index in [4.69, 9.17) is 5.11 Å². The molecule has 1 aromatic rings. The van der Waals surface area contributed by atoms with E-state index in [2.05, 4.69) is 9.78 Å². The maximum atomic E-state index is 8.87. The van der Waals surface area contributed by atoms with Crippen LogP contribution in [0.1, 0.15) is 36.7 Å². The van der Waals surface area contributed by atoms with Crippen LogP contribution >= 0.6 is 0 Å². The Hall–Kier alpha value is -0.830. The van der Waals surface area contributed by atoms with Gasteiger partial charge < -0.3 is 5.11 Å². The molecule has 3 nitrogen and oxygen atoms in total. The number of aliphatic hydroxyl groups is 1. The Morgan fingerprint density at radius 2 is 2.42 bits per heavy atom. The van der Waals surface area contributed by atoms with Crippen LogP contribution in [0.2, 0.25) is 0 Å². The maximum absolute atomic E-state index is 8.87. The zero-order valence-electron chi connectivity index (χ0n) is 7.32. The molecule has 1 heterocycles. The van der Waals surface area contributed by atoms with E-state index in [-0.39, 0.29) is 6.61 Å². The van der Waals surface area contributed by atoms with Gasteiger partial charge in [-0.1, -0.05) is 0 Å². The van der Waals surface area contributed by atoms with Crippen LogP contribution in [0.25, 0.3) is 0 Å². The van der Waals surface area contributed by atoms with E-state index >= 15 is 0 Å². The Morgan fingerprint density at radius 1 is 1.67 bits per heavy atom. The van der Waals surface area contributed by atoms with Crippen molar-refractivity contribution in [2.24, 2.45) is 0 Å². The Balaban J connectivity index is 2.23. The van der Waals surface area contributed by atoms with E-state index < -0.39 is 0 Å². The Kier molecular flexibility index (Phi) is 1.89. The van der Waals surface area contributed by atoms with Crippen molar-refractivity contribution in [1.82, 2.24) is 9.78 Å². The molecule has 1 fully saturated rings. The van der Waals surface area contributed by atoms with Gasteiger partial charge in [-0.25, -0.2) is 0 Å². The fourth-order valence-corrected chi connectivity index (χ4v) is 1.63. The molecule has 0 radical (unpaired) electrons. The average molecular weight is 166 g/mol. The van der Waals surface area contributed by atoms with Gasteiger partial charge in [-0.3, -0.25) is 4.68 Å². The molecule has 0 atom stereocenters. The molecule has 12 heavy (non-hydrogen) atoms. The van der Waals surface area contributed by atoms with Crippen LogP contribution in [0.15, 0.2) is 6.07 Å². The normalized spacial score (nSPS) is 17.8. The second kappa shape index (κ2) is 2.90. The van der Waals surface area contributed by atoms with E-state index in [1.807, 2.05) is 13.0 Å². The quantitative estimate of drug-likeness (QED) is 0.721. The molecule has 0 saturated heterocycles. The Morgan fingerprint density at radius 3 is 2.83 bits per heavy atom. The van der Waals surface area contributed by atoms with Crippen LogP contribution < -0.4 is 0 Å². The summed E-state index contributed by atoms with van der Waals surface area (Å²) in [5.74, 6) is 0. The van der Waals surface area contributed by atoms with Gasteiger partial charge in [0.05, 0.1) is 18.3 Å². The van der Waals surface area contributed by atoms with Crippen LogP contribution in [0, 0.1) is 6.92 Å². The van der Waals surface area contributed by atoms with Crippen molar-refractivity contribution >= 4 is 0 Å². The third kappa shape index (κ3) is 1.14. The number of nitrogens with zero attached hydrogens (tertiary/aromatic N) is 2. The summed E-state index contributed by atoms with van der Waals surface area (Å²) in [6, 6.07) is 2.56. The van der Waals surface area contributed by atoms with Crippen LogP contribution in [-0.4, -0.2) is 14.9 Å². The first-order valence-electron chi connectivity index (χ1n) is 4.47. The third-order valence-electron chi connectivity index (χ3n) is 2.56. The van der Waals surface area contributed by atoms with Gasteiger partial charge >= 0.3 is 0 Å². The van der Waals surface area contributed by atoms with E-state index in [1.165, 1.54) is 25.0 Å². The van der Waals surface area contributed by atoms with Gasteiger partial charge in [-0.15, -0.1) is 0 Å². The lowest BCUT2D eigenvalue weighted by atomic mass is 9.93. The largest absolute Gasteiger partial charge is 0.390 e. The average Bonchev–Trinajstić information content (AvgIpc) is 2.29. The second-order valence-electron chi connectivity index (χ2n) is 3.46. The van der Waals surface area contributed by atoms with Crippen LogP contribution in [0.5, 0.6) is 0 Å². The predicted octanol–water partition coefficient (Wildman–Crippen LogP) is 1.41. The van der Waals surface area contributed by atoms with Gasteiger partial charge in [-0.05, 0) is 32.3 Å². The van der Waals surface area contributed by atoms with Gasteiger partial charge in [0.15, 0.2) is 0 Å². The summed E-state index contributed by atoms with van der Waals surface area (Å²) in [6.45, 7) is 2.10. The molecule has 66 valence electrons. The first-order chi connectivity index (χ1) is 5.81. The van der Waals surface area contributed by atoms with Crippen molar-refractivity contribution in [3.8, 4) is 0 Å². The minimum absolute atomic E-state index is 0.0561. The standard InChI is InChI=1S/C9H14N2O/c1-7-5-8(6-12)10-11(7)9-3-2-4-9/h5,9,12H,2-4,6H2,1H3.